The van der Waals surface area contributed by atoms with Crippen molar-refractivity contribution >= 4 is 23.5 Å². The van der Waals surface area contributed by atoms with Gasteiger partial charge in [-0.15, -0.1) is 0 Å². The Bertz CT molecular complexity index is 592. The Morgan fingerprint density at radius 1 is 1.05 bits per heavy atom. The number of nitrogens with two attached hydrogens (primary N) is 1. The van der Waals surface area contributed by atoms with E-state index in [4.69, 9.17) is 10.8 Å². The highest BCUT2D eigenvalue weighted by Gasteiger charge is 2.33. The Labute approximate surface area is 121 Å². The molecule has 0 saturated heterocycles. The first-order valence-corrected chi connectivity index (χ1v) is 6.57. The maximum absolute atomic E-state index is 12.2. The fraction of sp³-hybridized carbons (Fsp3) is 0.267. The highest BCUT2D eigenvalue weighted by molar-refractivity contribution is 5.97. The number of rotatable bonds is 4. The monoisotopic (exact) mass is 288 g/mol. The molecule has 0 saturated carbocycles. The molecule has 0 heterocycles. The Morgan fingerprint density at radius 2 is 1.62 bits per heavy atom. The van der Waals surface area contributed by atoms with Gasteiger partial charge < -0.3 is 16.2 Å². The molecule has 4 N–H and O–H groups in total. The van der Waals surface area contributed by atoms with Crippen molar-refractivity contribution in [3.05, 3.63) is 42.0 Å². The van der Waals surface area contributed by atoms with E-state index in [1.54, 1.807) is 18.2 Å². The van der Waals surface area contributed by atoms with Gasteiger partial charge in [-0.1, -0.05) is 12.2 Å². The minimum atomic E-state index is -0.969. The summed E-state index contributed by atoms with van der Waals surface area (Å²) >= 11 is 0. The molecule has 1 aliphatic rings. The average molecular weight is 288 g/mol. The summed E-state index contributed by atoms with van der Waals surface area (Å²) in [4.78, 5) is 34.3. The maximum Gasteiger partial charge on any atom is 0.307 e. The zero-order valence-electron chi connectivity index (χ0n) is 11.3. The van der Waals surface area contributed by atoms with Crippen LogP contribution in [0.1, 0.15) is 23.2 Å². The van der Waals surface area contributed by atoms with Gasteiger partial charge in [-0.3, -0.25) is 14.4 Å². The van der Waals surface area contributed by atoms with Gasteiger partial charge in [0.05, 0.1) is 11.8 Å². The van der Waals surface area contributed by atoms with Crippen LogP contribution in [-0.2, 0) is 9.59 Å². The van der Waals surface area contributed by atoms with Crippen LogP contribution in [0.25, 0.3) is 0 Å². The molecular formula is C15H16N2O4. The lowest BCUT2D eigenvalue weighted by Gasteiger charge is -2.24. The third kappa shape index (κ3) is 3.47. The van der Waals surface area contributed by atoms with Crippen LogP contribution in [0.3, 0.4) is 0 Å². The third-order valence-electron chi connectivity index (χ3n) is 3.52. The van der Waals surface area contributed by atoms with Gasteiger partial charge in [0.2, 0.25) is 11.8 Å². The second kappa shape index (κ2) is 6.21. The van der Waals surface area contributed by atoms with Crippen LogP contribution in [0.15, 0.2) is 36.4 Å². The van der Waals surface area contributed by atoms with Gasteiger partial charge in [0.1, 0.15) is 0 Å². The van der Waals surface area contributed by atoms with E-state index in [9.17, 15) is 14.4 Å². The van der Waals surface area contributed by atoms with E-state index in [0.717, 1.165) is 0 Å². The minimum absolute atomic E-state index is 0.335. The Hall–Kier alpha value is -2.63. The van der Waals surface area contributed by atoms with E-state index in [0.29, 0.717) is 24.1 Å². The van der Waals surface area contributed by atoms with Gasteiger partial charge in [0, 0.05) is 11.3 Å². The molecule has 2 rings (SSSR count). The van der Waals surface area contributed by atoms with Crippen LogP contribution >= 0.6 is 0 Å². The molecule has 6 nitrogen and oxygen atoms in total. The number of aliphatic carboxylic acids is 1. The zero-order chi connectivity index (χ0) is 15.4. The Balaban J connectivity index is 2.08. The van der Waals surface area contributed by atoms with Crippen LogP contribution in [0, 0.1) is 11.8 Å². The number of anilines is 1. The summed E-state index contributed by atoms with van der Waals surface area (Å²) in [5.74, 6) is -3.15. The number of hydrogen-bond acceptors (Lipinski definition) is 3. The molecule has 1 aromatic carbocycles. The molecule has 2 atom stereocenters. The molecule has 0 radical (unpaired) electrons. The summed E-state index contributed by atoms with van der Waals surface area (Å²) in [6.07, 6.45) is 4.36. The van der Waals surface area contributed by atoms with Crippen molar-refractivity contribution in [3.63, 3.8) is 0 Å². The number of amides is 2. The predicted octanol–water partition coefficient (Wildman–Crippen LogP) is 1.39. The third-order valence-corrected chi connectivity index (χ3v) is 3.52. The van der Waals surface area contributed by atoms with Crippen LogP contribution in [0.2, 0.25) is 0 Å². The molecule has 1 aromatic rings. The number of carboxylic acid groups (broad SMARTS) is 1. The van der Waals surface area contributed by atoms with E-state index in [-0.39, 0.29) is 5.91 Å². The molecule has 0 aliphatic heterocycles. The highest BCUT2D eigenvalue weighted by Crippen LogP contribution is 2.27. The number of carboxylic acids is 1. The fourth-order valence-corrected chi connectivity index (χ4v) is 2.33. The largest absolute Gasteiger partial charge is 0.481 e. The van der Waals surface area contributed by atoms with Crippen LogP contribution in [0.4, 0.5) is 5.69 Å². The smallest absolute Gasteiger partial charge is 0.307 e. The number of benzene rings is 1. The van der Waals surface area contributed by atoms with Crippen molar-refractivity contribution in [1.29, 1.82) is 0 Å². The zero-order valence-corrected chi connectivity index (χ0v) is 11.3. The van der Waals surface area contributed by atoms with E-state index < -0.39 is 23.7 Å². The van der Waals surface area contributed by atoms with E-state index >= 15 is 0 Å². The summed E-state index contributed by atoms with van der Waals surface area (Å²) in [5.41, 5.74) is 5.98. The molecule has 0 bridgehead atoms. The predicted molar refractivity (Wildman–Crippen MR) is 76.6 cm³/mol. The van der Waals surface area contributed by atoms with Gasteiger partial charge in [-0.05, 0) is 37.1 Å². The highest BCUT2D eigenvalue weighted by atomic mass is 16.4. The topological polar surface area (TPSA) is 109 Å². The van der Waals surface area contributed by atoms with Crippen molar-refractivity contribution in [3.8, 4) is 0 Å². The van der Waals surface area contributed by atoms with Crippen molar-refractivity contribution in [1.82, 2.24) is 0 Å². The summed E-state index contributed by atoms with van der Waals surface area (Å²) in [7, 11) is 0. The fourth-order valence-electron chi connectivity index (χ4n) is 2.33. The van der Waals surface area contributed by atoms with Gasteiger partial charge in [-0.25, -0.2) is 0 Å². The lowest BCUT2D eigenvalue weighted by Crippen LogP contribution is -2.34. The molecule has 0 spiro atoms. The molecule has 21 heavy (non-hydrogen) atoms. The summed E-state index contributed by atoms with van der Waals surface area (Å²) in [6, 6.07) is 6.14. The molecule has 0 aromatic heterocycles. The quantitative estimate of drug-likeness (QED) is 0.727. The molecule has 0 unspecified atom stereocenters. The molecule has 2 amide bonds. The van der Waals surface area contributed by atoms with Crippen molar-refractivity contribution in [2.24, 2.45) is 17.6 Å². The van der Waals surface area contributed by atoms with Crippen molar-refractivity contribution < 1.29 is 19.5 Å². The molecular weight excluding hydrogens is 272 g/mol. The molecule has 1 aliphatic carbocycles. The van der Waals surface area contributed by atoms with E-state index in [1.807, 2.05) is 6.08 Å². The van der Waals surface area contributed by atoms with Gasteiger partial charge in [0.25, 0.3) is 0 Å². The first-order valence-electron chi connectivity index (χ1n) is 6.57. The molecule has 6 heteroatoms. The molecule has 110 valence electrons. The van der Waals surface area contributed by atoms with Crippen LogP contribution < -0.4 is 11.1 Å². The number of carbonyl (C=O) groups excluding carboxylic acids is 2. The van der Waals surface area contributed by atoms with E-state index in [2.05, 4.69) is 5.32 Å². The number of allylic oxidation sites excluding steroid dienone is 2. The second-order valence-electron chi connectivity index (χ2n) is 4.92. The average Bonchev–Trinajstić information content (AvgIpc) is 2.47. The first kappa shape index (κ1) is 14.8. The van der Waals surface area contributed by atoms with Crippen molar-refractivity contribution in [2.75, 3.05) is 5.32 Å². The summed E-state index contributed by atoms with van der Waals surface area (Å²) < 4.78 is 0. The van der Waals surface area contributed by atoms with Crippen molar-refractivity contribution in [2.45, 2.75) is 12.8 Å². The van der Waals surface area contributed by atoms with Gasteiger partial charge in [-0.2, -0.15) is 0 Å². The molecule has 0 fully saturated rings. The standard InChI is InChI=1S/C15H16N2O4/c16-13(18)9-5-7-10(8-6-9)17-14(19)11-3-1-2-4-12(11)15(20)21/h1-2,5-8,11-12H,3-4H2,(H2,16,18)(H,17,19)(H,20,21)/t11-,12+/m1/s1. The minimum Gasteiger partial charge on any atom is -0.481 e. The SMILES string of the molecule is NC(=O)c1ccc(NC(=O)[C@@H]2CC=CC[C@@H]2C(=O)O)cc1. The Kier molecular flexibility index (Phi) is 4.37. The number of carbonyl (C=O) groups is 3. The summed E-state index contributed by atoms with van der Waals surface area (Å²) in [5, 5.41) is 11.8. The second-order valence-corrected chi connectivity index (χ2v) is 4.92. The number of nitrogens with one attached hydrogen (secondary N) is 1. The maximum atomic E-state index is 12.2. The van der Waals surface area contributed by atoms with Crippen LogP contribution in [-0.4, -0.2) is 22.9 Å². The van der Waals surface area contributed by atoms with Gasteiger partial charge >= 0.3 is 5.97 Å². The normalized spacial score (nSPS) is 20.8. The van der Waals surface area contributed by atoms with E-state index in [1.165, 1.54) is 12.1 Å². The lowest BCUT2D eigenvalue weighted by atomic mass is 9.82. The number of hydrogen-bond donors (Lipinski definition) is 3. The first-order chi connectivity index (χ1) is 9.99. The van der Waals surface area contributed by atoms with Crippen LogP contribution in [0.5, 0.6) is 0 Å². The summed E-state index contributed by atoms with van der Waals surface area (Å²) in [6.45, 7) is 0. The Morgan fingerprint density at radius 3 is 2.14 bits per heavy atom. The lowest BCUT2D eigenvalue weighted by molar-refractivity contribution is -0.146. The van der Waals surface area contributed by atoms with Gasteiger partial charge in [0.15, 0.2) is 0 Å². The number of primary amides is 1.